The summed E-state index contributed by atoms with van der Waals surface area (Å²) in [5.74, 6) is 0.00670. The predicted octanol–water partition coefficient (Wildman–Crippen LogP) is 0.447. The van der Waals surface area contributed by atoms with Crippen molar-refractivity contribution in [1.29, 1.82) is 0 Å². The van der Waals surface area contributed by atoms with E-state index in [1.807, 2.05) is 0 Å². The minimum atomic E-state index is -0.453. The summed E-state index contributed by atoms with van der Waals surface area (Å²) in [6.45, 7) is 1.50. The molecular formula is C10H9N2O3+. The van der Waals surface area contributed by atoms with Crippen molar-refractivity contribution in [3.63, 3.8) is 0 Å². The smallest absolute Gasteiger partial charge is 0.295 e. The molecule has 2 aromatic rings. The molecule has 15 heavy (non-hydrogen) atoms. The van der Waals surface area contributed by atoms with Crippen LogP contribution in [0.25, 0.3) is 5.69 Å². The topological polar surface area (TPSA) is 66.9 Å². The van der Waals surface area contributed by atoms with Crippen LogP contribution in [0.5, 0.6) is 0 Å². The van der Waals surface area contributed by atoms with E-state index >= 15 is 0 Å². The predicted molar refractivity (Wildman–Crippen MR) is 50.9 cm³/mol. The highest BCUT2D eigenvalue weighted by molar-refractivity contribution is 5.94. The van der Waals surface area contributed by atoms with E-state index in [0.29, 0.717) is 5.56 Å². The van der Waals surface area contributed by atoms with Crippen LogP contribution in [0.15, 0.2) is 39.8 Å². The van der Waals surface area contributed by atoms with Crippen molar-refractivity contribution in [3.8, 4) is 5.69 Å². The molecule has 76 valence electrons. The monoisotopic (exact) mass is 205 g/mol. The maximum absolute atomic E-state index is 11.0. The third-order valence-corrected chi connectivity index (χ3v) is 2.03. The van der Waals surface area contributed by atoms with Crippen LogP contribution >= 0.6 is 0 Å². The summed E-state index contributed by atoms with van der Waals surface area (Å²) in [6, 6.07) is 6.83. The van der Waals surface area contributed by atoms with Gasteiger partial charge in [-0.3, -0.25) is 9.32 Å². The van der Waals surface area contributed by atoms with Gasteiger partial charge in [-0.1, -0.05) is 0 Å². The largest absolute Gasteiger partial charge is 0.427 e. The van der Waals surface area contributed by atoms with Gasteiger partial charge >= 0.3 is 5.63 Å². The molecule has 0 bridgehead atoms. The second kappa shape index (κ2) is 3.53. The van der Waals surface area contributed by atoms with Gasteiger partial charge in [0.25, 0.3) is 6.20 Å². The van der Waals surface area contributed by atoms with E-state index in [9.17, 15) is 9.59 Å². The van der Waals surface area contributed by atoms with Crippen LogP contribution in [-0.4, -0.2) is 11.1 Å². The summed E-state index contributed by atoms with van der Waals surface area (Å²) >= 11 is 0. The molecule has 5 heteroatoms. The number of H-pyrrole nitrogens is 1. The second-order valence-corrected chi connectivity index (χ2v) is 3.11. The van der Waals surface area contributed by atoms with Gasteiger partial charge in [0, 0.05) is 17.7 Å². The molecule has 5 nitrogen and oxygen atoms in total. The Morgan fingerprint density at radius 1 is 1.33 bits per heavy atom. The minimum absolute atomic E-state index is 0.00670. The summed E-state index contributed by atoms with van der Waals surface area (Å²) in [7, 11) is 0. The first-order chi connectivity index (χ1) is 7.16. The van der Waals surface area contributed by atoms with Gasteiger partial charge in [0.1, 0.15) is 0 Å². The molecule has 0 spiro atoms. The van der Waals surface area contributed by atoms with E-state index in [1.165, 1.54) is 17.8 Å². The molecule has 0 aliphatic carbocycles. The lowest BCUT2D eigenvalue weighted by Crippen LogP contribution is -2.32. The molecular weight excluding hydrogens is 196 g/mol. The Hall–Kier alpha value is -2.17. The molecule has 1 aromatic heterocycles. The summed E-state index contributed by atoms with van der Waals surface area (Å²) in [6.07, 6.45) is 1.28. The maximum Gasteiger partial charge on any atom is 0.427 e. The van der Waals surface area contributed by atoms with Crippen LogP contribution < -0.4 is 10.3 Å². The number of hydrogen-bond acceptors (Lipinski definition) is 3. The van der Waals surface area contributed by atoms with Crippen molar-refractivity contribution in [2.75, 3.05) is 0 Å². The van der Waals surface area contributed by atoms with E-state index in [0.717, 1.165) is 5.69 Å². The van der Waals surface area contributed by atoms with Gasteiger partial charge in [-0.25, -0.2) is 4.79 Å². The number of carbonyl (C=O) groups is 1. The van der Waals surface area contributed by atoms with Crippen molar-refractivity contribution in [1.82, 2.24) is 5.27 Å². The zero-order valence-corrected chi connectivity index (χ0v) is 8.06. The zero-order valence-electron chi connectivity index (χ0n) is 8.06. The molecule has 0 saturated heterocycles. The number of aromatic amines is 1. The van der Waals surface area contributed by atoms with Crippen molar-refractivity contribution < 1.29 is 14.0 Å². The van der Waals surface area contributed by atoms with E-state index in [1.54, 1.807) is 24.3 Å². The fraction of sp³-hybridized carbons (Fsp3) is 0.100. The fourth-order valence-corrected chi connectivity index (χ4v) is 1.24. The highest BCUT2D eigenvalue weighted by Gasteiger charge is 2.10. The third-order valence-electron chi connectivity index (χ3n) is 2.03. The van der Waals surface area contributed by atoms with E-state index in [4.69, 9.17) is 0 Å². The first kappa shape index (κ1) is 9.39. The number of rotatable bonds is 2. The molecule has 0 atom stereocenters. The average Bonchev–Trinajstić information content (AvgIpc) is 2.65. The third kappa shape index (κ3) is 1.85. The fourth-order valence-electron chi connectivity index (χ4n) is 1.24. The Labute approximate surface area is 84.9 Å². The number of Topliss-reactive ketones (excluding diaryl/α,β-unsaturated/α-hetero) is 1. The van der Waals surface area contributed by atoms with Crippen molar-refractivity contribution in [2.24, 2.45) is 0 Å². The lowest BCUT2D eigenvalue weighted by atomic mass is 10.1. The SMILES string of the molecule is CC(=O)c1ccc(-[n+]2cc(=O)o[nH]2)cc1. The summed E-state index contributed by atoms with van der Waals surface area (Å²) in [5.41, 5.74) is 0.904. The Kier molecular flexibility index (Phi) is 2.21. The van der Waals surface area contributed by atoms with Crippen LogP contribution in [0.1, 0.15) is 17.3 Å². The Balaban J connectivity index is 2.39. The molecule has 2 rings (SSSR count). The van der Waals surface area contributed by atoms with Gasteiger partial charge < -0.3 is 0 Å². The normalized spacial score (nSPS) is 10.2. The number of benzene rings is 1. The Morgan fingerprint density at radius 3 is 2.47 bits per heavy atom. The van der Waals surface area contributed by atoms with Gasteiger partial charge in [-0.05, 0) is 29.0 Å². The maximum atomic E-state index is 11.0. The van der Waals surface area contributed by atoms with Crippen molar-refractivity contribution in [2.45, 2.75) is 6.92 Å². The number of nitrogens with zero attached hydrogens (tertiary/aromatic N) is 1. The molecule has 0 unspecified atom stereocenters. The standard InChI is InChI=1S/C10H8N2O3/c1-7(13)8-2-4-9(5-3-8)12-6-10(14)15-11-12/h2-6H,1H3/p+1. The van der Waals surface area contributed by atoms with Crippen LogP contribution in [0.2, 0.25) is 0 Å². The first-order valence-electron chi connectivity index (χ1n) is 4.38. The summed E-state index contributed by atoms with van der Waals surface area (Å²) < 4.78 is 5.95. The number of nitrogens with one attached hydrogen (secondary N) is 1. The van der Waals surface area contributed by atoms with Crippen LogP contribution in [-0.2, 0) is 0 Å². The Bertz CT molecular complexity index is 536. The van der Waals surface area contributed by atoms with Crippen LogP contribution in [0, 0.1) is 0 Å². The van der Waals surface area contributed by atoms with Gasteiger partial charge in [0.15, 0.2) is 5.78 Å². The molecule has 1 N–H and O–H groups in total. The van der Waals surface area contributed by atoms with Gasteiger partial charge in [-0.15, -0.1) is 0 Å². The van der Waals surface area contributed by atoms with E-state index in [-0.39, 0.29) is 5.78 Å². The van der Waals surface area contributed by atoms with Gasteiger partial charge in [0.2, 0.25) is 5.69 Å². The first-order valence-corrected chi connectivity index (χ1v) is 4.38. The molecule has 0 fully saturated rings. The molecule has 0 saturated carbocycles. The van der Waals surface area contributed by atoms with Crippen molar-refractivity contribution in [3.05, 3.63) is 46.4 Å². The van der Waals surface area contributed by atoms with E-state index < -0.39 is 5.63 Å². The van der Waals surface area contributed by atoms with Crippen LogP contribution in [0.4, 0.5) is 0 Å². The number of aromatic nitrogens is 2. The van der Waals surface area contributed by atoms with Gasteiger partial charge in [-0.2, -0.15) is 0 Å². The average molecular weight is 205 g/mol. The number of hydrogen-bond donors (Lipinski definition) is 1. The lowest BCUT2D eigenvalue weighted by molar-refractivity contribution is -0.670. The molecule has 0 amide bonds. The molecule has 1 heterocycles. The second-order valence-electron chi connectivity index (χ2n) is 3.11. The highest BCUT2D eigenvalue weighted by Crippen LogP contribution is 2.03. The quantitative estimate of drug-likeness (QED) is 0.571. The number of carbonyl (C=O) groups excluding carboxylic acids is 1. The lowest BCUT2D eigenvalue weighted by Gasteiger charge is -1.93. The Morgan fingerprint density at radius 2 is 2.00 bits per heavy atom. The summed E-state index contributed by atoms with van der Waals surface area (Å²) in [5, 5.41) is 2.41. The van der Waals surface area contributed by atoms with Crippen LogP contribution in [0.3, 0.4) is 0 Å². The zero-order chi connectivity index (χ0) is 10.8. The number of ketones is 1. The van der Waals surface area contributed by atoms with Crippen molar-refractivity contribution >= 4 is 5.78 Å². The molecule has 0 radical (unpaired) electrons. The molecule has 1 aromatic carbocycles. The van der Waals surface area contributed by atoms with Gasteiger partial charge in [0.05, 0.1) is 0 Å². The minimum Gasteiger partial charge on any atom is -0.295 e. The molecule has 0 aliphatic rings. The summed E-state index contributed by atoms with van der Waals surface area (Å²) in [4.78, 5) is 21.8. The molecule has 0 aliphatic heterocycles. The van der Waals surface area contributed by atoms with E-state index in [2.05, 4.69) is 9.79 Å². The highest BCUT2D eigenvalue weighted by atomic mass is 16.5.